The summed E-state index contributed by atoms with van der Waals surface area (Å²) in [5.41, 5.74) is -0.380. The Hall–Kier alpha value is -1.10. The van der Waals surface area contributed by atoms with Crippen molar-refractivity contribution in [3.8, 4) is 0 Å². The summed E-state index contributed by atoms with van der Waals surface area (Å²) >= 11 is 0. The van der Waals surface area contributed by atoms with E-state index in [4.69, 9.17) is 10.2 Å². The molecular weight excluding hydrogens is 253 g/mol. The Morgan fingerprint density at radius 2 is 1.23 bits per heavy atom. The van der Waals surface area contributed by atoms with Gasteiger partial charge in [0.2, 0.25) is 0 Å². The van der Waals surface area contributed by atoms with Gasteiger partial charge in [-0.05, 0) is 12.1 Å². The Kier molecular flexibility index (Phi) is 4.41. The van der Waals surface area contributed by atoms with E-state index in [1.807, 2.05) is 0 Å². The summed E-state index contributed by atoms with van der Waals surface area (Å²) in [7, 11) is 0. The van der Waals surface area contributed by atoms with E-state index in [0.29, 0.717) is 0 Å². The van der Waals surface area contributed by atoms with Crippen LogP contribution < -0.4 is 0 Å². The molecule has 0 aliphatic carbocycles. The molecule has 5 heteroatoms. The van der Waals surface area contributed by atoms with Crippen LogP contribution in [-0.4, -0.2) is 22.2 Å². The van der Waals surface area contributed by atoms with Gasteiger partial charge in [-0.3, -0.25) is 0 Å². The number of benzene rings is 1. The molecule has 1 aromatic carbocycles. The molecule has 0 spiro atoms. The third-order valence-electron chi connectivity index (χ3n) is 1.39. The summed E-state index contributed by atoms with van der Waals surface area (Å²) in [6, 6.07) is 5.48. The Labute approximate surface area is 89.7 Å². The van der Waals surface area contributed by atoms with Gasteiger partial charge < -0.3 is 10.2 Å². The normalized spacial score (nSPS) is 8.62. The van der Waals surface area contributed by atoms with Crippen molar-refractivity contribution < 1.29 is 42.2 Å². The topological polar surface area (TPSA) is 74.6 Å². The molecule has 0 unspecified atom stereocenters. The number of carbonyl (C=O) groups is 2. The van der Waals surface area contributed by atoms with Crippen LogP contribution in [0.5, 0.6) is 0 Å². The van der Waals surface area contributed by atoms with Crippen molar-refractivity contribution >= 4 is 11.9 Å². The Bertz CT molecular complexity index is 302. The van der Waals surface area contributed by atoms with E-state index in [9.17, 15) is 9.59 Å². The van der Waals surface area contributed by atoms with E-state index in [1.165, 1.54) is 24.3 Å². The van der Waals surface area contributed by atoms with Gasteiger partial charge in [-0.15, -0.1) is 0 Å². The summed E-state index contributed by atoms with van der Waals surface area (Å²) < 4.78 is 0. The second-order valence-corrected chi connectivity index (χ2v) is 2.16. The maximum absolute atomic E-state index is 10.5. The van der Waals surface area contributed by atoms with Gasteiger partial charge in [-0.2, -0.15) is 0 Å². The Balaban J connectivity index is 0.00000144. The van der Waals surface area contributed by atoms with Crippen LogP contribution in [0.3, 0.4) is 0 Å². The minimum absolute atomic E-state index is 0. The molecule has 0 atom stereocenters. The molecule has 1 rings (SSSR count). The SMILES string of the molecule is O=C(O)c1ccccc1C(=O)O.[Nb]. The van der Waals surface area contributed by atoms with Crippen LogP contribution in [-0.2, 0) is 22.4 Å². The number of hydrogen-bond donors (Lipinski definition) is 2. The molecule has 1 radical (unpaired) electrons. The average Bonchev–Trinajstić information content (AvgIpc) is 2.04. The molecule has 13 heavy (non-hydrogen) atoms. The second kappa shape index (κ2) is 4.81. The molecule has 0 bridgehead atoms. The number of carboxylic acids is 2. The maximum Gasteiger partial charge on any atom is 0.336 e. The largest absolute Gasteiger partial charge is 0.478 e. The number of aromatic carboxylic acids is 2. The van der Waals surface area contributed by atoms with Gasteiger partial charge in [0.15, 0.2) is 0 Å². The minimum Gasteiger partial charge on any atom is -0.478 e. The predicted octanol–water partition coefficient (Wildman–Crippen LogP) is 1.08. The van der Waals surface area contributed by atoms with E-state index in [1.54, 1.807) is 0 Å². The van der Waals surface area contributed by atoms with Crippen LogP contribution in [0.1, 0.15) is 20.7 Å². The molecule has 0 saturated carbocycles. The summed E-state index contributed by atoms with van der Waals surface area (Å²) in [6.07, 6.45) is 0. The van der Waals surface area contributed by atoms with Gasteiger partial charge in [-0.1, -0.05) is 12.1 Å². The summed E-state index contributed by atoms with van der Waals surface area (Å²) in [5.74, 6) is -2.46. The minimum atomic E-state index is -1.23. The number of hydrogen-bond acceptors (Lipinski definition) is 2. The number of rotatable bonds is 2. The van der Waals surface area contributed by atoms with Crippen LogP contribution in [0.4, 0.5) is 0 Å². The third kappa shape index (κ3) is 2.69. The van der Waals surface area contributed by atoms with Gasteiger partial charge in [0.1, 0.15) is 0 Å². The Morgan fingerprint density at radius 3 is 1.46 bits per heavy atom. The maximum atomic E-state index is 10.5. The summed E-state index contributed by atoms with van der Waals surface area (Å²) in [5, 5.41) is 17.1. The van der Waals surface area contributed by atoms with Crippen LogP contribution >= 0.6 is 0 Å². The van der Waals surface area contributed by atoms with Crippen LogP contribution in [0.15, 0.2) is 24.3 Å². The molecule has 0 heterocycles. The van der Waals surface area contributed by atoms with E-state index in [0.717, 1.165) is 0 Å². The van der Waals surface area contributed by atoms with Gasteiger partial charge >= 0.3 is 11.9 Å². The van der Waals surface area contributed by atoms with Crippen LogP contribution in [0, 0.1) is 0 Å². The van der Waals surface area contributed by atoms with E-state index >= 15 is 0 Å². The first-order valence-electron chi connectivity index (χ1n) is 3.18. The van der Waals surface area contributed by atoms with Crippen molar-refractivity contribution in [2.45, 2.75) is 0 Å². The Morgan fingerprint density at radius 1 is 0.923 bits per heavy atom. The van der Waals surface area contributed by atoms with Crippen molar-refractivity contribution in [1.29, 1.82) is 0 Å². The first-order chi connectivity index (χ1) is 5.63. The molecule has 1 aromatic rings. The molecule has 0 aliphatic rings. The van der Waals surface area contributed by atoms with Crippen LogP contribution in [0.25, 0.3) is 0 Å². The number of carboxylic acid groups (broad SMARTS) is 2. The monoisotopic (exact) mass is 259 g/mol. The standard InChI is InChI=1S/C8H6O4.Nb/c9-7(10)5-3-1-2-4-6(5)8(11)12;/h1-4H,(H,9,10)(H,11,12);. The fourth-order valence-corrected chi connectivity index (χ4v) is 0.856. The fourth-order valence-electron chi connectivity index (χ4n) is 0.856. The quantitative estimate of drug-likeness (QED) is 0.779. The molecule has 67 valence electrons. The zero-order chi connectivity index (χ0) is 9.14. The van der Waals surface area contributed by atoms with Crippen molar-refractivity contribution in [2.75, 3.05) is 0 Å². The van der Waals surface area contributed by atoms with Crippen molar-refractivity contribution in [2.24, 2.45) is 0 Å². The first-order valence-corrected chi connectivity index (χ1v) is 3.18. The zero-order valence-electron chi connectivity index (χ0n) is 6.47. The van der Waals surface area contributed by atoms with Crippen LogP contribution in [0.2, 0.25) is 0 Å². The first kappa shape index (κ1) is 11.9. The van der Waals surface area contributed by atoms with E-state index < -0.39 is 11.9 Å². The molecule has 0 saturated heterocycles. The molecule has 0 aromatic heterocycles. The fraction of sp³-hybridized carbons (Fsp3) is 0. The molecule has 2 N–H and O–H groups in total. The third-order valence-corrected chi connectivity index (χ3v) is 1.39. The van der Waals surface area contributed by atoms with Gasteiger partial charge in [0, 0.05) is 22.4 Å². The van der Waals surface area contributed by atoms with Gasteiger partial charge in [-0.25, -0.2) is 9.59 Å². The van der Waals surface area contributed by atoms with E-state index in [-0.39, 0.29) is 33.5 Å². The molecule has 0 fully saturated rings. The van der Waals surface area contributed by atoms with Crippen molar-refractivity contribution in [3.05, 3.63) is 35.4 Å². The summed E-state index contributed by atoms with van der Waals surface area (Å²) in [4.78, 5) is 20.9. The molecule has 4 nitrogen and oxygen atoms in total. The van der Waals surface area contributed by atoms with Crippen molar-refractivity contribution in [3.63, 3.8) is 0 Å². The smallest absolute Gasteiger partial charge is 0.336 e. The second-order valence-electron chi connectivity index (χ2n) is 2.16. The predicted molar refractivity (Wildman–Crippen MR) is 40.4 cm³/mol. The summed E-state index contributed by atoms with van der Waals surface area (Å²) in [6.45, 7) is 0. The van der Waals surface area contributed by atoms with Gasteiger partial charge in [0.05, 0.1) is 11.1 Å². The van der Waals surface area contributed by atoms with E-state index in [2.05, 4.69) is 0 Å². The van der Waals surface area contributed by atoms with Gasteiger partial charge in [0.25, 0.3) is 0 Å². The molecule has 0 amide bonds. The zero-order valence-corrected chi connectivity index (χ0v) is 8.67. The average molecular weight is 259 g/mol. The molecular formula is C8H6NbO4. The molecule has 0 aliphatic heterocycles. The van der Waals surface area contributed by atoms with Crippen molar-refractivity contribution in [1.82, 2.24) is 0 Å².